The van der Waals surface area contributed by atoms with E-state index in [-0.39, 0.29) is 9.67 Å². The van der Waals surface area contributed by atoms with Crippen molar-refractivity contribution in [2.75, 3.05) is 0 Å². The Morgan fingerprint density at radius 1 is 0.923 bits per heavy atom. The van der Waals surface area contributed by atoms with E-state index in [1.165, 1.54) is 12.1 Å². The topological polar surface area (TPSA) is 26.3 Å². The monoisotopic (exact) mass is 479 g/mol. The molecule has 0 saturated carbocycles. The molecule has 5 heteroatoms. The average Bonchev–Trinajstić information content (AvgIpc) is 2.65. The van der Waals surface area contributed by atoms with Gasteiger partial charge in [0.2, 0.25) is 0 Å². The van der Waals surface area contributed by atoms with Gasteiger partial charge in [-0.1, -0.05) is 59.0 Å². The van der Waals surface area contributed by atoms with Crippen LogP contribution < -0.4 is 4.74 Å². The highest BCUT2D eigenvalue weighted by atomic mass is 127. The smallest absolute Gasteiger partial charge is 0.324 e. The Morgan fingerprint density at radius 3 is 1.92 bits per heavy atom. The molecule has 0 radical (unpaired) electrons. The number of benzene rings is 3. The zero-order valence-corrected chi connectivity index (χ0v) is 17.0. The van der Waals surface area contributed by atoms with Crippen LogP contribution in [0.3, 0.4) is 0 Å². The van der Waals surface area contributed by atoms with Gasteiger partial charge in [-0.3, -0.25) is 4.79 Å². The fourth-order valence-corrected chi connectivity index (χ4v) is 4.63. The first kappa shape index (κ1) is 18.9. The van der Waals surface area contributed by atoms with Crippen molar-refractivity contribution in [3.05, 3.63) is 84.7 Å². The van der Waals surface area contributed by atoms with Crippen LogP contribution in [0, 0.1) is 5.82 Å². The van der Waals surface area contributed by atoms with Gasteiger partial charge in [0.25, 0.3) is 0 Å². The minimum absolute atomic E-state index is 0.0352. The third-order valence-electron chi connectivity index (χ3n) is 3.63. The van der Waals surface area contributed by atoms with Gasteiger partial charge in [-0.15, -0.1) is 0 Å². The van der Waals surface area contributed by atoms with Crippen LogP contribution in [0.5, 0.6) is 5.75 Å². The van der Waals surface area contributed by atoms with Crippen molar-refractivity contribution < 1.29 is 13.9 Å². The van der Waals surface area contributed by atoms with E-state index < -0.39 is 22.7 Å². The first-order valence-corrected chi connectivity index (χ1v) is 10.5. The number of carbonyl (C=O) groups excluding carboxylic acids is 1. The first-order valence-electron chi connectivity index (χ1n) is 8.06. The summed E-state index contributed by atoms with van der Waals surface area (Å²) >= 11 is 1.94. The molecule has 0 spiro atoms. The largest absolute Gasteiger partial charge is 0.423 e. The molecular weight excluding hydrogens is 462 g/mol. The summed E-state index contributed by atoms with van der Waals surface area (Å²) < 4.78 is 19.4. The molecule has 0 heterocycles. The Balaban J connectivity index is 2.00. The van der Waals surface area contributed by atoms with E-state index in [1.54, 1.807) is 6.92 Å². The van der Waals surface area contributed by atoms with Crippen LogP contribution in [0.2, 0.25) is 0 Å². The van der Waals surface area contributed by atoms with Gasteiger partial charge in [0.15, 0.2) is 26.3 Å². The molecule has 0 fully saturated rings. The van der Waals surface area contributed by atoms with E-state index in [1.807, 2.05) is 89.3 Å². The summed E-state index contributed by atoms with van der Waals surface area (Å²) in [5, 5.41) is 0. The van der Waals surface area contributed by atoms with Gasteiger partial charge in [-0.05, 0) is 43.3 Å². The molecule has 3 aromatic rings. The van der Waals surface area contributed by atoms with E-state index in [2.05, 4.69) is 0 Å². The number of hydrogen-bond acceptors (Lipinski definition) is 2. The standard InChI is InChI=1S/C21H17FIO2S/c1-15(23)21(24)25-20-13-12-18(14-19(20)22)26(16-8-4-2-5-9-16)17-10-6-3-7-11-17/h2-15H,1H3/q+1. The lowest BCUT2D eigenvalue weighted by Crippen LogP contribution is -2.17. The highest BCUT2D eigenvalue weighted by molar-refractivity contribution is 14.1. The molecule has 2 nitrogen and oxygen atoms in total. The molecule has 0 saturated heterocycles. The van der Waals surface area contributed by atoms with Gasteiger partial charge in [-0.2, -0.15) is 0 Å². The van der Waals surface area contributed by atoms with E-state index in [0.29, 0.717) is 0 Å². The lowest BCUT2D eigenvalue weighted by molar-refractivity contribution is -0.133. The van der Waals surface area contributed by atoms with Crippen molar-refractivity contribution in [2.45, 2.75) is 25.5 Å². The van der Waals surface area contributed by atoms with E-state index >= 15 is 0 Å². The van der Waals surface area contributed by atoms with Gasteiger partial charge in [0.05, 0.1) is 10.9 Å². The minimum atomic E-state index is -0.530. The zero-order valence-electron chi connectivity index (χ0n) is 14.1. The molecule has 1 atom stereocenters. The third-order valence-corrected chi connectivity index (χ3v) is 6.35. The summed E-state index contributed by atoms with van der Waals surface area (Å²) in [5.41, 5.74) is 0. The second-order valence-corrected chi connectivity index (χ2v) is 9.46. The number of esters is 1. The van der Waals surface area contributed by atoms with Crippen molar-refractivity contribution in [1.29, 1.82) is 0 Å². The summed E-state index contributed by atoms with van der Waals surface area (Å²) in [6.45, 7) is 1.71. The lowest BCUT2D eigenvalue weighted by atomic mass is 10.3. The summed E-state index contributed by atoms with van der Waals surface area (Å²) in [7, 11) is -0.437. The number of halogens is 2. The molecule has 0 N–H and O–H groups in total. The van der Waals surface area contributed by atoms with Crippen molar-refractivity contribution in [3.63, 3.8) is 0 Å². The van der Waals surface area contributed by atoms with Gasteiger partial charge < -0.3 is 4.74 Å². The van der Waals surface area contributed by atoms with Crippen molar-refractivity contribution in [2.24, 2.45) is 0 Å². The van der Waals surface area contributed by atoms with Gasteiger partial charge >= 0.3 is 5.97 Å². The number of alkyl halides is 1. The summed E-state index contributed by atoms with van der Waals surface area (Å²) in [5.74, 6) is -1.02. The molecule has 1 unspecified atom stereocenters. The molecule has 3 aromatic carbocycles. The van der Waals surface area contributed by atoms with Crippen molar-refractivity contribution in [3.8, 4) is 5.75 Å². The summed E-state index contributed by atoms with van der Waals surface area (Å²) in [6.07, 6.45) is 0. The second-order valence-electron chi connectivity index (χ2n) is 5.56. The fourth-order valence-electron chi connectivity index (χ4n) is 2.40. The predicted octanol–water partition coefficient (Wildman–Crippen LogP) is 5.65. The Kier molecular flexibility index (Phi) is 6.32. The molecule has 0 bridgehead atoms. The Morgan fingerprint density at radius 2 is 1.46 bits per heavy atom. The Bertz CT molecular complexity index is 846. The van der Waals surface area contributed by atoms with Crippen LogP contribution in [-0.4, -0.2) is 9.89 Å². The van der Waals surface area contributed by atoms with Crippen molar-refractivity contribution in [1.82, 2.24) is 0 Å². The number of ether oxygens (including phenoxy) is 1. The quantitative estimate of drug-likeness (QED) is 0.156. The van der Waals surface area contributed by atoms with Gasteiger partial charge in [0, 0.05) is 6.07 Å². The van der Waals surface area contributed by atoms with Crippen LogP contribution in [0.15, 0.2) is 93.5 Å². The average molecular weight is 479 g/mol. The molecule has 0 amide bonds. The van der Waals surface area contributed by atoms with Gasteiger partial charge in [0.1, 0.15) is 3.92 Å². The first-order chi connectivity index (χ1) is 12.6. The number of rotatable bonds is 5. The normalized spacial score (nSPS) is 12.0. The fraction of sp³-hybridized carbons (Fsp3) is 0.0952. The lowest BCUT2D eigenvalue weighted by Gasteiger charge is -2.10. The maximum absolute atomic E-state index is 14.6. The van der Waals surface area contributed by atoms with E-state index in [4.69, 9.17) is 4.74 Å². The predicted molar refractivity (Wildman–Crippen MR) is 111 cm³/mol. The van der Waals surface area contributed by atoms with Crippen LogP contribution in [0.4, 0.5) is 4.39 Å². The second kappa shape index (κ2) is 8.68. The van der Waals surface area contributed by atoms with Crippen molar-refractivity contribution >= 4 is 39.5 Å². The number of hydrogen-bond donors (Lipinski definition) is 0. The summed E-state index contributed by atoms with van der Waals surface area (Å²) in [4.78, 5) is 14.8. The Labute approximate surface area is 168 Å². The highest BCUT2D eigenvalue weighted by Crippen LogP contribution is 2.33. The highest BCUT2D eigenvalue weighted by Gasteiger charge is 2.29. The van der Waals surface area contributed by atoms with Crippen LogP contribution in [0.25, 0.3) is 0 Å². The molecule has 0 aromatic heterocycles. The molecule has 0 aliphatic rings. The molecular formula is C21H17FIO2S+. The molecule has 0 aliphatic heterocycles. The van der Waals surface area contributed by atoms with Crippen LogP contribution in [0.1, 0.15) is 6.92 Å². The van der Waals surface area contributed by atoms with Crippen LogP contribution in [-0.2, 0) is 15.7 Å². The number of carbonyl (C=O) groups is 1. The molecule has 3 rings (SSSR count). The van der Waals surface area contributed by atoms with Gasteiger partial charge in [-0.25, -0.2) is 4.39 Å². The maximum Gasteiger partial charge on any atom is 0.324 e. The Hall–Kier alpha value is -1.86. The molecule has 132 valence electrons. The SMILES string of the molecule is CC(I)C(=O)Oc1ccc([S+](c2ccccc2)c2ccccc2)cc1F. The van der Waals surface area contributed by atoms with E-state index in [9.17, 15) is 9.18 Å². The summed E-state index contributed by atoms with van der Waals surface area (Å²) in [6, 6.07) is 24.8. The molecule has 0 aliphatic carbocycles. The molecule has 26 heavy (non-hydrogen) atoms. The third kappa shape index (κ3) is 4.45. The minimum Gasteiger partial charge on any atom is -0.423 e. The van der Waals surface area contributed by atoms with Crippen LogP contribution >= 0.6 is 22.6 Å². The maximum atomic E-state index is 14.6. The zero-order chi connectivity index (χ0) is 18.5. The van der Waals surface area contributed by atoms with E-state index in [0.717, 1.165) is 14.7 Å².